The number of nitrogens with zero attached hydrogens (tertiary/aromatic N) is 1. The summed E-state index contributed by atoms with van der Waals surface area (Å²) in [6.45, 7) is 1.41. The molecule has 0 radical (unpaired) electrons. The van der Waals surface area contributed by atoms with Crippen molar-refractivity contribution in [2.45, 2.75) is 31.6 Å². The lowest BCUT2D eigenvalue weighted by Crippen LogP contribution is -2.23. The van der Waals surface area contributed by atoms with Crippen LogP contribution < -0.4 is 4.74 Å². The van der Waals surface area contributed by atoms with Gasteiger partial charge in [0, 0.05) is 42.2 Å². The number of fused-ring (bicyclic) bond motifs is 1. The standard InChI is InChI=1S/C21H23NO3/c1-24-17-8-6-15(7-9-17)13-22-14-19(18-4-2-3-5-20(18)22)21-12-16(23)10-11-25-21/h2-9,14,16,21,23H,10-13H2,1H3. The first-order valence-corrected chi connectivity index (χ1v) is 8.75. The van der Waals surface area contributed by atoms with Gasteiger partial charge in [0.05, 0.1) is 19.3 Å². The van der Waals surface area contributed by atoms with Gasteiger partial charge in [0.25, 0.3) is 0 Å². The Balaban J connectivity index is 1.69. The number of methoxy groups -OCH3 is 1. The Morgan fingerprint density at radius 2 is 1.96 bits per heavy atom. The summed E-state index contributed by atoms with van der Waals surface area (Å²) >= 11 is 0. The summed E-state index contributed by atoms with van der Waals surface area (Å²) in [6, 6.07) is 16.6. The van der Waals surface area contributed by atoms with Crippen molar-refractivity contribution in [3.8, 4) is 5.75 Å². The van der Waals surface area contributed by atoms with Crippen LogP contribution in [0.4, 0.5) is 0 Å². The minimum atomic E-state index is -0.276. The van der Waals surface area contributed by atoms with Crippen molar-refractivity contribution >= 4 is 10.9 Å². The highest BCUT2D eigenvalue weighted by Crippen LogP contribution is 2.34. The van der Waals surface area contributed by atoms with Gasteiger partial charge in [-0.05, 0) is 30.2 Å². The van der Waals surface area contributed by atoms with E-state index < -0.39 is 0 Å². The van der Waals surface area contributed by atoms with Crippen LogP contribution in [-0.4, -0.2) is 29.5 Å². The lowest BCUT2D eigenvalue weighted by molar-refractivity contribution is -0.0442. The van der Waals surface area contributed by atoms with Crippen LogP contribution in [0.1, 0.15) is 30.1 Å². The minimum Gasteiger partial charge on any atom is -0.497 e. The Kier molecular flexibility index (Phi) is 4.47. The summed E-state index contributed by atoms with van der Waals surface area (Å²) in [7, 11) is 1.68. The molecule has 4 nitrogen and oxygen atoms in total. The van der Waals surface area contributed by atoms with E-state index >= 15 is 0 Å². The van der Waals surface area contributed by atoms with Crippen LogP contribution >= 0.6 is 0 Å². The lowest BCUT2D eigenvalue weighted by Gasteiger charge is -2.26. The Morgan fingerprint density at radius 3 is 2.72 bits per heavy atom. The molecule has 1 aromatic heterocycles. The fourth-order valence-electron chi connectivity index (χ4n) is 3.59. The van der Waals surface area contributed by atoms with Gasteiger partial charge in [0.15, 0.2) is 0 Å². The third-order valence-electron chi connectivity index (χ3n) is 4.93. The maximum Gasteiger partial charge on any atom is 0.118 e. The van der Waals surface area contributed by atoms with Crippen LogP contribution in [0, 0.1) is 0 Å². The summed E-state index contributed by atoms with van der Waals surface area (Å²) in [5.74, 6) is 0.867. The maximum absolute atomic E-state index is 10.0. The van der Waals surface area contributed by atoms with Crippen molar-refractivity contribution < 1.29 is 14.6 Å². The molecule has 2 atom stereocenters. The average Bonchev–Trinajstić information content (AvgIpc) is 3.01. The van der Waals surface area contributed by atoms with Crippen molar-refractivity contribution in [2.75, 3.05) is 13.7 Å². The third kappa shape index (κ3) is 3.28. The van der Waals surface area contributed by atoms with E-state index in [0.717, 1.165) is 18.7 Å². The molecule has 1 saturated heterocycles. The van der Waals surface area contributed by atoms with Crippen molar-refractivity contribution in [3.63, 3.8) is 0 Å². The normalized spacial score (nSPS) is 20.7. The van der Waals surface area contributed by atoms with Crippen LogP contribution in [0.15, 0.2) is 54.7 Å². The Labute approximate surface area is 147 Å². The van der Waals surface area contributed by atoms with Gasteiger partial charge in [0.2, 0.25) is 0 Å². The lowest BCUT2D eigenvalue weighted by atomic mass is 9.99. The molecule has 1 N–H and O–H groups in total. The molecule has 130 valence electrons. The predicted molar refractivity (Wildman–Crippen MR) is 98.0 cm³/mol. The van der Waals surface area contributed by atoms with Crippen molar-refractivity contribution in [1.82, 2.24) is 4.57 Å². The number of rotatable bonds is 4. The number of para-hydroxylation sites is 1. The van der Waals surface area contributed by atoms with Gasteiger partial charge >= 0.3 is 0 Å². The quantitative estimate of drug-likeness (QED) is 0.785. The summed E-state index contributed by atoms with van der Waals surface area (Å²) < 4.78 is 13.4. The van der Waals surface area contributed by atoms with Crippen molar-refractivity contribution in [2.24, 2.45) is 0 Å². The Hall–Kier alpha value is -2.30. The second kappa shape index (κ2) is 6.90. The molecule has 0 saturated carbocycles. The monoisotopic (exact) mass is 337 g/mol. The average molecular weight is 337 g/mol. The van der Waals surface area contributed by atoms with E-state index in [9.17, 15) is 5.11 Å². The summed E-state index contributed by atoms with van der Waals surface area (Å²) in [6.07, 6.45) is 3.25. The zero-order valence-corrected chi connectivity index (χ0v) is 14.4. The van der Waals surface area contributed by atoms with Crippen LogP contribution in [0.25, 0.3) is 10.9 Å². The van der Waals surface area contributed by atoms with E-state index in [4.69, 9.17) is 9.47 Å². The molecule has 3 aromatic rings. The molecule has 0 bridgehead atoms. The highest BCUT2D eigenvalue weighted by Gasteiger charge is 2.25. The molecular formula is C21H23NO3. The fourth-order valence-corrected chi connectivity index (χ4v) is 3.59. The largest absolute Gasteiger partial charge is 0.497 e. The highest BCUT2D eigenvalue weighted by atomic mass is 16.5. The van der Waals surface area contributed by atoms with Crippen LogP contribution in [0.5, 0.6) is 5.75 Å². The molecule has 2 unspecified atom stereocenters. The zero-order valence-electron chi connectivity index (χ0n) is 14.4. The minimum absolute atomic E-state index is 0.0363. The van der Waals surface area contributed by atoms with E-state index in [0.29, 0.717) is 13.0 Å². The van der Waals surface area contributed by atoms with E-state index in [2.05, 4.69) is 47.2 Å². The molecule has 0 spiro atoms. The van der Waals surface area contributed by atoms with E-state index in [1.165, 1.54) is 22.0 Å². The van der Waals surface area contributed by atoms with E-state index in [1.807, 2.05) is 12.1 Å². The van der Waals surface area contributed by atoms with Gasteiger partial charge in [-0.1, -0.05) is 30.3 Å². The number of aromatic nitrogens is 1. The number of aliphatic hydroxyl groups excluding tert-OH is 1. The molecule has 4 rings (SSSR count). The topological polar surface area (TPSA) is 43.6 Å². The molecule has 0 aliphatic carbocycles. The highest BCUT2D eigenvalue weighted by molar-refractivity contribution is 5.84. The molecular weight excluding hydrogens is 314 g/mol. The molecule has 1 aliphatic heterocycles. The molecule has 25 heavy (non-hydrogen) atoms. The second-order valence-electron chi connectivity index (χ2n) is 6.62. The number of hydrogen-bond acceptors (Lipinski definition) is 3. The SMILES string of the molecule is COc1ccc(Cn2cc(C3CC(O)CCO3)c3ccccc32)cc1. The summed E-state index contributed by atoms with van der Waals surface area (Å²) in [4.78, 5) is 0. The second-order valence-corrected chi connectivity index (χ2v) is 6.62. The zero-order chi connectivity index (χ0) is 17.2. The van der Waals surface area contributed by atoms with Gasteiger partial charge in [-0.3, -0.25) is 0 Å². The van der Waals surface area contributed by atoms with Gasteiger partial charge in [-0.15, -0.1) is 0 Å². The van der Waals surface area contributed by atoms with Gasteiger partial charge in [0.1, 0.15) is 5.75 Å². The van der Waals surface area contributed by atoms with Crippen molar-refractivity contribution in [1.29, 1.82) is 0 Å². The maximum atomic E-state index is 10.0. The molecule has 2 heterocycles. The third-order valence-corrected chi connectivity index (χ3v) is 4.93. The van der Waals surface area contributed by atoms with E-state index in [-0.39, 0.29) is 12.2 Å². The van der Waals surface area contributed by atoms with Crippen LogP contribution in [-0.2, 0) is 11.3 Å². The van der Waals surface area contributed by atoms with Gasteiger partial charge in [-0.25, -0.2) is 0 Å². The predicted octanol–water partition coefficient (Wildman–Crippen LogP) is 3.91. The molecule has 1 aliphatic rings. The summed E-state index contributed by atoms with van der Waals surface area (Å²) in [5.41, 5.74) is 3.58. The number of benzene rings is 2. The molecule has 4 heteroatoms. The first-order chi connectivity index (χ1) is 12.2. The first-order valence-electron chi connectivity index (χ1n) is 8.75. The first kappa shape index (κ1) is 16.2. The number of ether oxygens (including phenoxy) is 2. The summed E-state index contributed by atoms with van der Waals surface area (Å²) in [5, 5.41) is 11.2. The van der Waals surface area contributed by atoms with Gasteiger partial charge < -0.3 is 19.1 Å². The number of hydrogen-bond donors (Lipinski definition) is 1. The van der Waals surface area contributed by atoms with Crippen LogP contribution in [0.2, 0.25) is 0 Å². The fraction of sp³-hybridized carbons (Fsp3) is 0.333. The molecule has 2 aromatic carbocycles. The Morgan fingerprint density at radius 1 is 1.16 bits per heavy atom. The number of aliphatic hydroxyl groups is 1. The Bertz CT molecular complexity index is 853. The van der Waals surface area contributed by atoms with Gasteiger partial charge in [-0.2, -0.15) is 0 Å². The molecule has 1 fully saturated rings. The smallest absolute Gasteiger partial charge is 0.118 e. The van der Waals surface area contributed by atoms with E-state index in [1.54, 1.807) is 7.11 Å². The van der Waals surface area contributed by atoms with Crippen LogP contribution in [0.3, 0.4) is 0 Å². The van der Waals surface area contributed by atoms with Crippen molar-refractivity contribution in [3.05, 3.63) is 65.9 Å². The molecule has 0 amide bonds.